The fourth-order valence-electron chi connectivity index (χ4n) is 1.58. The van der Waals surface area contributed by atoms with Crippen molar-refractivity contribution < 1.29 is 9.18 Å². The van der Waals surface area contributed by atoms with Crippen molar-refractivity contribution in [1.29, 1.82) is 0 Å². The first-order valence-electron chi connectivity index (χ1n) is 5.33. The van der Waals surface area contributed by atoms with Crippen molar-refractivity contribution in [3.8, 4) is 11.3 Å². The number of rotatable bonds is 2. The number of aromatic amines is 1. The zero-order chi connectivity index (χ0) is 13.1. The van der Waals surface area contributed by atoms with E-state index in [4.69, 9.17) is 0 Å². The van der Waals surface area contributed by atoms with Crippen LogP contribution >= 0.6 is 0 Å². The lowest BCUT2D eigenvalue weighted by molar-refractivity contribution is 0.0961. The highest BCUT2D eigenvalue weighted by molar-refractivity contribution is 5.93. The molecule has 1 heterocycles. The maximum Gasteiger partial charge on any atom is 0.261 e. The van der Waals surface area contributed by atoms with Crippen LogP contribution in [-0.2, 0) is 0 Å². The van der Waals surface area contributed by atoms with Crippen molar-refractivity contribution >= 4 is 5.91 Å². The van der Waals surface area contributed by atoms with Gasteiger partial charge in [-0.1, -0.05) is 0 Å². The Labute approximate surface area is 102 Å². The van der Waals surface area contributed by atoms with Gasteiger partial charge in [0.2, 0.25) is 0 Å². The van der Waals surface area contributed by atoms with E-state index in [-0.39, 0.29) is 11.4 Å². The molecule has 0 aliphatic heterocycles. The maximum absolute atomic E-state index is 12.8. The first-order valence-corrected chi connectivity index (χ1v) is 5.33. The number of benzene rings is 1. The number of halogens is 1. The Balaban J connectivity index is 2.43. The van der Waals surface area contributed by atoms with Crippen LogP contribution in [-0.4, -0.2) is 17.9 Å². The van der Waals surface area contributed by atoms with Gasteiger partial charge in [-0.15, -0.1) is 0 Å². The number of H-pyrrole nitrogens is 1. The topological polar surface area (TPSA) is 62.0 Å². The number of amides is 1. The Kier molecular flexibility index (Phi) is 3.23. The highest BCUT2D eigenvalue weighted by Crippen LogP contribution is 2.15. The van der Waals surface area contributed by atoms with Crippen LogP contribution in [0, 0.1) is 5.82 Å². The Morgan fingerprint density at radius 2 is 1.83 bits per heavy atom. The van der Waals surface area contributed by atoms with Gasteiger partial charge in [0.15, 0.2) is 0 Å². The SMILES string of the molecule is CNC(=O)c1ccc(-c2ccc(F)cc2)[nH]c1=O. The normalized spacial score (nSPS) is 10.1. The van der Waals surface area contributed by atoms with Gasteiger partial charge in [0.1, 0.15) is 11.4 Å². The molecule has 2 aromatic rings. The molecule has 2 N–H and O–H groups in total. The van der Waals surface area contributed by atoms with Crippen LogP contribution in [0.25, 0.3) is 11.3 Å². The third-order valence-corrected chi connectivity index (χ3v) is 2.54. The van der Waals surface area contributed by atoms with Crippen molar-refractivity contribution in [2.75, 3.05) is 7.05 Å². The molecular formula is C13H11FN2O2. The van der Waals surface area contributed by atoms with Gasteiger partial charge in [0, 0.05) is 12.7 Å². The summed E-state index contributed by atoms with van der Waals surface area (Å²) < 4.78 is 12.8. The molecule has 0 unspecified atom stereocenters. The summed E-state index contributed by atoms with van der Waals surface area (Å²) in [5, 5.41) is 2.38. The lowest BCUT2D eigenvalue weighted by Gasteiger charge is -2.03. The molecular weight excluding hydrogens is 235 g/mol. The summed E-state index contributed by atoms with van der Waals surface area (Å²) in [6.45, 7) is 0. The minimum Gasteiger partial charge on any atom is -0.355 e. The number of hydrogen-bond acceptors (Lipinski definition) is 2. The van der Waals surface area contributed by atoms with E-state index < -0.39 is 11.5 Å². The molecule has 2 rings (SSSR count). The van der Waals surface area contributed by atoms with E-state index in [1.807, 2.05) is 0 Å². The van der Waals surface area contributed by atoms with Gasteiger partial charge in [0.25, 0.3) is 11.5 Å². The molecule has 18 heavy (non-hydrogen) atoms. The van der Waals surface area contributed by atoms with Crippen LogP contribution in [0.2, 0.25) is 0 Å². The number of hydrogen-bond donors (Lipinski definition) is 2. The predicted octanol–water partition coefficient (Wildman–Crippen LogP) is 1.54. The summed E-state index contributed by atoms with van der Waals surface area (Å²) in [5.74, 6) is -0.787. The molecule has 1 aromatic heterocycles. The van der Waals surface area contributed by atoms with Gasteiger partial charge in [0.05, 0.1) is 0 Å². The second-order valence-corrected chi connectivity index (χ2v) is 3.70. The van der Waals surface area contributed by atoms with Crippen LogP contribution in [0.3, 0.4) is 0 Å². The molecule has 0 atom stereocenters. The Bertz CT molecular complexity index is 632. The van der Waals surface area contributed by atoms with Crippen molar-refractivity contribution in [2.45, 2.75) is 0 Å². The van der Waals surface area contributed by atoms with E-state index in [1.54, 1.807) is 18.2 Å². The zero-order valence-electron chi connectivity index (χ0n) is 9.66. The summed E-state index contributed by atoms with van der Waals surface area (Å²) in [6.07, 6.45) is 0. The van der Waals surface area contributed by atoms with Crippen LogP contribution in [0.15, 0.2) is 41.2 Å². The molecule has 5 heteroatoms. The molecule has 0 radical (unpaired) electrons. The predicted molar refractivity (Wildman–Crippen MR) is 65.8 cm³/mol. The first-order chi connectivity index (χ1) is 8.61. The Hall–Kier alpha value is -2.43. The van der Waals surface area contributed by atoms with E-state index >= 15 is 0 Å². The van der Waals surface area contributed by atoms with Gasteiger partial charge in [-0.25, -0.2) is 4.39 Å². The molecule has 0 aliphatic carbocycles. The van der Waals surface area contributed by atoms with Crippen LogP contribution < -0.4 is 10.9 Å². The molecule has 0 spiro atoms. The van der Waals surface area contributed by atoms with Gasteiger partial charge >= 0.3 is 0 Å². The monoisotopic (exact) mass is 246 g/mol. The smallest absolute Gasteiger partial charge is 0.261 e. The van der Waals surface area contributed by atoms with Crippen LogP contribution in [0.5, 0.6) is 0 Å². The fourth-order valence-corrected chi connectivity index (χ4v) is 1.58. The van der Waals surface area contributed by atoms with E-state index in [9.17, 15) is 14.0 Å². The van der Waals surface area contributed by atoms with Crippen LogP contribution in [0.1, 0.15) is 10.4 Å². The number of carbonyl (C=O) groups is 1. The zero-order valence-corrected chi connectivity index (χ0v) is 9.66. The molecule has 1 aromatic carbocycles. The molecule has 0 aliphatic rings. The standard InChI is InChI=1S/C13H11FN2O2/c1-15-12(17)10-6-7-11(16-13(10)18)8-2-4-9(14)5-3-8/h2-7H,1H3,(H,15,17)(H,16,18). The number of pyridine rings is 1. The summed E-state index contributed by atoms with van der Waals surface area (Å²) in [5.41, 5.74) is 0.782. The largest absolute Gasteiger partial charge is 0.355 e. The summed E-state index contributed by atoms with van der Waals surface area (Å²) in [7, 11) is 1.45. The number of nitrogens with one attached hydrogen (secondary N) is 2. The van der Waals surface area contributed by atoms with Gasteiger partial charge in [-0.3, -0.25) is 9.59 Å². The minimum atomic E-state index is -0.476. The molecule has 0 saturated carbocycles. The summed E-state index contributed by atoms with van der Waals surface area (Å²) >= 11 is 0. The van der Waals surface area contributed by atoms with E-state index in [0.29, 0.717) is 11.3 Å². The third-order valence-electron chi connectivity index (χ3n) is 2.54. The maximum atomic E-state index is 12.8. The highest BCUT2D eigenvalue weighted by atomic mass is 19.1. The van der Waals surface area contributed by atoms with E-state index in [0.717, 1.165) is 0 Å². The lowest BCUT2D eigenvalue weighted by atomic mass is 10.1. The second-order valence-electron chi connectivity index (χ2n) is 3.70. The van der Waals surface area contributed by atoms with Crippen molar-refractivity contribution in [1.82, 2.24) is 10.3 Å². The number of carbonyl (C=O) groups excluding carboxylic acids is 1. The molecule has 0 saturated heterocycles. The average molecular weight is 246 g/mol. The van der Waals surface area contributed by atoms with Gasteiger partial charge in [-0.2, -0.15) is 0 Å². The van der Waals surface area contributed by atoms with Crippen molar-refractivity contribution in [3.63, 3.8) is 0 Å². The molecule has 1 amide bonds. The minimum absolute atomic E-state index is 0.0448. The van der Waals surface area contributed by atoms with Crippen LogP contribution in [0.4, 0.5) is 4.39 Å². The summed E-state index contributed by atoms with van der Waals surface area (Å²) in [4.78, 5) is 25.6. The van der Waals surface area contributed by atoms with Crippen molar-refractivity contribution in [3.05, 3.63) is 58.1 Å². The quantitative estimate of drug-likeness (QED) is 0.844. The third kappa shape index (κ3) is 2.29. The summed E-state index contributed by atoms with van der Waals surface area (Å²) in [6, 6.07) is 8.77. The highest BCUT2D eigenvalue weighted by Gasteiger charge is 2.09. The number of aromatic nitrogens is 1. The average Bonchev–Trinajstić information content (AvgIpc) is 2.38. The van der Waals surface area contributed by atoms with E-state index in [1.165, 1.54) is 25.2 Å². The van der Waals surface area contributed by atoms with Gasteiger partial charge < -0.3 is 10.3 Å². The molecule has 4 nitrogen and oxygen atoms in total. The first kappa shape index (κ1) is 12.0. The van der Waals surface area contributed by atoms with Crippen molar-refractivity contribution in [2.24, 2.45) is 0 Å². The van der Waals surface area contributed by atoms with Gasteiger partial charge in [-0.05, 0) is 42.0 Å². The molecule has 0 bridgehead atoms. The fraction of sp³-hybridized carbons (Fsp3) is 0.0769. The Morgan fingerprint density at radius 1 is 1.17 bits per heavy atom. The Morgan fingerprint density at radius 3 is 2.39 bits per heavy atom. The molecule has 92 valence electrons. The van der Waals surface area contributed by atoms with E-state index in [2.05, 4.69) is 10.3 Å². The second kappa shape index (κ2) is 4.83. The lowest BCUT2D eigenvalue weighted by Crippen LogP contribution is -2.26. The molecule has 0 fully saturated rings.